The number of anilines is 1. The normalized spacial score (nSPS) is 17.0. The first-order valence-electron chi connectivity index (χ1n) is 9.19. The standard InChI is InChI=1S/C19H21N7O/c1-11(2)18-22-23-19(27-18)25-8-6-13-16(21-10-20-13)17(25)14-9-15-12(3)5-4-7-26(15)24-14/h4-5,7,9-11,17H,6,8H2,1-3H3,(H,20,21)/t17-/m0/s1. The molecule has 0 aromatic carbocycles. The summed E-state index contributed by atoms with van der Waals surface area (Å²) < 4.78 is 7.87. The second-order valence-electron chi connectivity index (χ2n) is 7.28. The molecule has 138 valence electrons. The largest absolute Gasteiger partial charge is 0.408 e. The van der Waals surface area contributed by atoms with Crippen molar-refractivity contribution < 1.29 is 4.42 Å². The van der Waals surface area contributed by atoms with Gasteiger partial charge in [0.05, 0.1) is 23.2 Å². The molecular formula is C19H21N7O. The minimum absolute atomic E-state index is 0.167. The number of nitrogens with zero attached hydrogens (tertiary/aromatic N) is 6. The van der Waals surface area contributed by atoms with Crippen molar-refractivity contribution in [1.29, 1.82) is 0 Å². The summed E-state index contributed by atoms with van der Waals surface area (Å²) in [5.74, 6) is 0.829. The molecule has 0 radical (unpaired) electrons. The third-order valence-corrected chi connectivity index (χ3v) is 5.11. The molecule has 0 unspecified atom stereocenters. The molecule has 8 heteroatoms. The smallest absolute Gasteiger partial charge is 0.319 e. The molecule has 4 aromatic rings. The Bertz CT molecular complexity index is 1110. The molecule has 4 aromatic heterocycles. The first kappa shape index (κ1) is 16.0. The SMILES string of the molecule is Cc1cccn2nc([C@H]3c4nc[nH]c4CCN3c3nnc(C(C)C)o3)cc12. The molecule has 5 heterocycles. The molecule has 0 saturated carbocycles. The Morgan fingerprint density at radius 2 is 2.19 bits per heavy atom. The number of nitrogens with one attached hydrogen (secondary N) is 1. The molecule has 0 amide bonds. The summed E-state index contributed by atoms with van der Waals surface area (Å²) in [5, 5.41) is 13.3. The maximum absolute atomic E-state index is 5.96. The number of aromatic amines is 1. The summed E-state index contributed by atoms with van der Waals surface area (Å²) in [6, 6.07) is 6.57. The van der Waals surface area contributed by atoms with E-state index in [1.54, 1.807) is 6.33 Å². The predicted molar refractivity (Wildman–Crippen MR) is 99.8 cm³/mol. The van der Waals surface area contributed by atoms with Crippen LogP contribution in [0, 0.1) is 6.92 Å². The fourth-order valence-corrected chi connectivity index (χ4v) is 3.67. The highest BCUT2D eigenvalue weighted by Gasteiger charge is 2.36. The summed E-state index contributed by atoms with van der Waals surface area (Å²) in [4.78, 5) is 9.96. The van der Waals surface area contributed by atoms with Gasteiger partial charge in [-0.15, -0.1) is 5.10 Å². The van der Waals surface area contributed by atoms with E-state index in [2.05, 4.69) is 44.1 Å². The molecule has 5 rings (SSSR count). The van der Waals surface area contributed by atoms with Gasteiger partial charge in [0, 0.05) is 30.8 Å². The number of hydrogen-bond donors (Lipinski definition) is 1. The van der Waals surface area contributed by atoms with Crippen LogP contribution in [-0.2, 0) is 6.42 Å². The number of rotatable bonds is 3. The van der Waals surface area contributed by atoms with Crippen LogP contribution in [0.3, 0.4) is 0 Å². The zero-order valence-corrected chi connectivity index (χ0v) is 15.5. The first-order chi connectivity index (χ1) is 13.1. The quantitative estimate of drug-likeness (QED) is 0.602. The zero-order valence-electron chi connectivity index (χ0n) is 15.5. The number of pyridine rings is 1. The van der Waals surface area contributed by atoms with Crippen molar-refractivity contribution in [3.05, 3.63) is 59.3 Å². The number of aromatic nitrogens is 6. The maximum Gasteiger partial charge on any atom is 0.319 e. The van der Waals surface area contributed by atoms with Gasteiger partial charge in [-0.1, -0.05) is 25.0 Å². The number of hydrogen-bond acceptors (Lipinski definition) is 6. The van der Waals surface area contributed by atoms with Crippen molar-refractivity contribution in [1.82, 2.24) is 29.8 Å². The van der Waals surface area contributed by atoms with Crippen LogP contribution in [0.1, 0.15) is 54.3 Å². The molecule has 1 aliphatic rings. The lowest BCUT2D eigenvalue weighted by Crippen LogP contribution is -2.36. The first-order valence-corrected chi connectivity index (χ1v) is 9.19. The molecular weight excluding hydrogens is 342 g/mol. The van der Waals surface area contributed by atoms with Gasteiger partial charge in [-0.2, -0.15) is 5.10 Å². The summed E-state index contributed by atoms with van der Waals surface area (Å²) in [7, 11) is 0. The van der Waals surface area contributed by atoms with Crippen LogP contribution in [-0.4, -0.2) is 36.3 Å². The Morgan fingerprint density at radius 3 is 2.96 bits per heavy atom. The third kappa shape index (κ3) is 2.51. The number of H-pyrrole nitrogens is 1. The van der Waals surface area contributed by atoms with Crippen LogP contribution in [0.25, 0.3) is 5.52 Å². The van der Waals surface area contributed by atoms with E-state index in [4.69, 9.17) is 9.52 Å². The average molecular weight is 363 g/mol. The predicted octanol–water partition coefficient (Wildman–Crippen LogP) is 3.02. The van der Waals surface area contributed by atoms with E-state index >= 15 is 0 Å². The summed E-state index contributed by atoms with van der Waals surface area (Å²) >= 11 is 0. The monoisotopic (exact) mass is 363 g/mol. The number of imidazole rings is 1. The Hall–Kier alpha value is -3.16. The fourth-order valence-electron chi connectivity index (χ4n) is 3.67. The summed E-state index contributed by atoms with van der Waals surface area (Å²) in [5.41, 5.74) is 5.28. The second-order valence-corrected chi connectivity index (χ2v) is 7.28. The van der Waals surface area contributed by atoms with E-state index in [0.717, 1.165) is 35.6 Å². The van der Waals surface area contributed by atoms with E-state index in [0.29, 0.717) is 11.9 Å². The minimum Gasteiger partial charge on any atom is -0.408 e. The van der Waals surface area contributed by atoms with Crippen LogP contribution < -0.4 is 4.90 Å². The van der Waals surface area contributed by atoms with Crippen molar-refractivity contribution in [2.45, 2.75) is 39.2 Å². The highest BCUT2D eigenvalue weighted by Crippen LogP contribution is 2.36. The van der Waals surface area contributed by atoms with Gasteiger partial charge in [-0.3, -0.25) is 0 Å². The van der Waals surface area contributed by atoms with Crippen LogP contribution in [0.2, 0.25) is 0 Å². The third-order valence-electron chi connectivity index (χ3n) is 5.11. The number of fused-ring (bicyclic) bond motifs is 2. The molecule has 0 fully saturated rings. The van der Waals surface area contributed by atoms with Crippen molar-refractivity contribution in [2.75, 3.05) is 11.4 Å². The Labute approximate surface area is 156 Å². The maximum atomic E-state index is 5.96. The van der Waals surface area contributed by atoms with E-state index in [-0.39, 0.29) is 12.0 Å². The molecule has 0 saturated heterocycles. The Morgan fingerprint density at radius 1 is 1.30 bits per heavy atom. The molecule has 0 bridgehead atoms. The van der Waals surface area contributed by atoms with Gasteiger partial charge in [0.25, 0.3) is 0 Å². The van der Waals surface area contributed by atoms with Gasteiger partial charge >= 0.3 is 6.01 Å². The van der Waals surface area contributed by atoms with Gasteiger partial charge in [-0.25, -0.2) is 9.50 Å². The van der Waals surface area contributed by atoms with Crippen LogP contribution in [0.15, 0.2) is 35.1 Å². The van der Waals surface area contributed by atoms with Crippen molar-refractivity contribution >= 4 is 11.5 Å². The zero-order chi connectivity index (χ0) is 18.5. The van der Waals surface area contributed by atoms with E-state index in [1.807, 2.05) is 30.6 Å². The van der Waals surface area contributed by atoms with Gasteiger partial charge < -0.3 is 14.3 Å². The lowest BCUT2D eigenvalue weighted by molar-refractivity contribution is 0.446. The molecule has 0 aliphatic carbocycles. The average Bonchev–Trinajstić information content (AvgIpc) is 3.39. The molecule has 0 spiro atoms. The van der Waals surface area contributed by atoms with Crippen LogP contribution >= 0.6 is 0 Å². The van der Waals surface area contributed by atoms with Crippen LogP contribution in [0.4, 0.5) is 6.01 Å². The highest BCUT2D eigenvalue weighted by molar-refractivity contribution is 5.56. The topological polar surface area (TPSA) is 88.1 Å². The van der Waals surface area contributed by atoms with Gasteiger partial charge in [0.2, 0.25) is 5.89 Å². The minimum atomic E-state index is -0.167. The molecule has 1 aliphatic heterocycles. The van der Waals surface area contributed by atoms with E-state index in [1.165, 1.54) is 5.56 Å². The van der Waals surface area contributed by atoms with Crippen molar-refractivity contribution in [2.24, 2.45) is 0 Å². The Balaban J connectivity index is 1.65. The lowest BCUT2D eigenvalue weighted by atomic mass is 10.00. The Kier molecular flexibility index (Phi) is 3.53. The number of aryl methyl sites for hydroxylation is 1. The summed E-state index contributed by atoms with van der Waals surface area (Å²) in [6.45, 7) is 6.93. The van der Waals surface area contributed by atoms with Gasteiger partial charge in [0.15, 0.2) is 0 Å². The van der Waals surface area contributed by atoms with Crippen LogP contribution in [0.5, 0.6) is 0 Å². The van der Waals surface area contributed by atoms with Gasteiger partial charge in [-0.05, 0) is 24.6 Å². The molecule has 8 nitrogen and oxygen atoms in total. The van der Waals surface area contributed by atoms with E-state index < -0.39 is 0 Å². The molecule has 1 N–H and O–H groups in total. The summed E-state index contributed by atoms with van der Waals surface area (Å²) in [6.07, 6.45) is 4.56. The second kappa shape index (κ2) is 5.94. The van der Waals surface area contributed by atoms with E-state index in [9.17, 15) is 0 Å². The molecule has 27 heavy (non-hydrogen) atoms. The van der Waals surface area contributed by atoms with Crippen molar-refractivity contribution in [3.8, 4) is 0 Å². The fraction of sp³-hybridized carbons (Fsp3) is 0.368. The molecule has 1 atom stereocenters. The van der Waals surface area contributed by atoms with Gasteiger partial charge in [0.1, 0.15) is 6.04 Å². The highest BCUT2D eigenvalue weighted by atomic mass is 16.4. The lowest BCUT2D eigenvalue weighted by Gasteiger charge is -2.32. The van der Waals surface area contributed by atoms with Crippen molar-refractivity contribution in [3.63, 3.8) is 0 Å².